The highest BCUT2D eigenvalue weighted by Gasteiger charge is 2.23. The highest BCUT2D eigenvalue weighted by atomic mass is 32.1. The Bertz CT molecular complexity index is 1490. The van der Waals surface area contributed by atoms with Crippen molar-refractivity contribution in [3.05, 3.63) is 60.9 Å². The van der Waals surface area contributed by atoms with Gasteiger partial charge in [-0.1, -0.05) is 24.3 Å². The number of nitrogens with one attached hydrogen (secondary N) is 1. The third kappa shape index (κ3) is 4.50. The van der Waals surface area contributed by atoms with Crippen molar-refractivity contribution in [2.24, 2.45) is 7.05 Å². The Balaban J connectivity index is 1.80. The molecule has 0 saturated carbocycles. The molecule has 0 bridgehead atoms. The zero-order chi connectivity index (χ0) is 25.1. The van der Waals surface area contributed by atoms with Gasteiger partial charge >= 0.3 is 0 Å². The van der Waals surface area contributed by atoms with Gasteiger partial charge < -0.3 is 24.1 Å². The zero-order valence-corrected chi connectivity index (χ0v) is 21.4. The lowest BCUT2D eigenvalue weighted by Crippen LogP contribution is -2.10. The second-order valence-corrected chi connectivity index (χ2v) is 9.12. The van der Waals surface area contributed by atoms with Crippen molar-refractivity contribution in [2.75, 3.05) is 39.8 Å². The second-order valence-electron chi connectivity index (χ2n) is 8.12. The fourth-order valence-electron chi connectivity index (χ4n) is 4.08. The molecule has 0 fully saturated rings. The van der Waals surface area contributed by atoms with E-state index < -0.39 is 0 Å². The van der Waals surface area contributed by atoms with Crippen LogP contribution in [0.1, 0.15) is 0 Å². The molecule has 0 aliphatic heterocycles. The Morgan fingerprint density at radius 1 is 0.944 bits per heavy atom. The maximum absolute atomic E-state index is 5.52. The van der Waals surface area contributed by atoms with Crippen LogP contribution in [-0.2, 0) is 11.8 Å². The number of fused-ring (bicyclic) bond motifs is 1. The number of hydrogen-bond donors (Lipinski definition) is 1. The van der Waals surface area contributed by atoms with Crippen LogP contribution < -0.4 is 14.8 Å². The van der Waals surface area contributed by atoms with E-state index in [1.54, 1.807) is 38.9 Å². The predicted octanol–water partition coefficient (Wildman–Crippen LogP) is 5.50. The molecule has 5 aromatic rings. The summed E-state index contributed by atoms with van der Waals surface area (Å²) in [6.07, 6.45) is 3.64. The van der Waals surface area contributed by atoms with Crippen LogP contribution in [0.3, 0.4) is 0 Å². The van der Waals surface area contributed by atoms with Gasteiger partial charge in [-0.25, -0.2) is 15.0 Å². The molecule has 184 valence electrons. The van der Waals surface area contributed by atoms with E-state index in [1.807, 2.05) is 48.1 Å². The first-order valence-corrected chi connectivity index (χ1v) is 12.3. The number of benzene rings is 2. The Kier molecular flexibility index (Phi) is 6.84. The predicted molar refractivity (Wildman–Crippen MR) is 144 cm³/mol. The molecule has 0 atom stereocenters. The lowest BCUT2D eigenvalue weighted by atomic mass is 9.99. The van der Waals surface area contributed by atoms with Crippen LogP contribution in [0.15, 0.2) is 60.9 Å². The van der Waals surface area contributed by atoms with E-state index in [-0.39, 0.29) is 0 Å². The molecular formula is C27H27N5O3S. The molecule has 36 heavy (non-hydrogen) atoms. The summed E-state index contributed by atoms with van der Waals surface area (Å²) in [5, 5.41) is 4.43. The molecule has 0 amide bonds. The molecular weight excluding hydrogens is 474 g/mol. The number of nitrogens with zero attached hydrogens (tertiary/aromatic N) is 4. The van der Waals surface area contributed by atoms with Crippen LogP contribution in [0.5, 0.6) is 11.5 Å². The molecule has 8 nitrogen and oxygen atoms in total. The average molecular weight is 502 g/mol. The van der Waals surface area contributed by atoms with Gasteiger partial charge in [-0.05, 0) is 35.4 Å². The van der Waals surface area contributed by atoms with E-state index >= 15 is 0 Å². The topological polar surface area (TPSA) is 83.3 Å². The molecule has 0 aliphatic carbocycles. The summed E-state index contributed by atoms with van der Waals surface area (Å²) in [5.41, 5.74) is 3.14. The number of hydrogen-bond acceptors (Lipinski definition) is 8. The third-order valence-corrected chi connectivity index (χ3v) is 7.01. The van der Waals surface area contributed by atoms with Crippen molar-refractivity contribution >= 4 is 27.4 Å². The van der Waals surface area contributed by atoms with Gasteiger partial charge in [0.15, 0.2) is 11.6 Å². The monoisotopic (exact) mass is 501 g/mol. The lowest BCUT2D eigenvalue weighted by Gasteiger charge is -2.12. The molecule has 2 aromatic carbocycles. The van der Waals surface area contributed by atoms with Gasteiger partial charge in [0.05, 0.1) is 26.2 Å². The first-order valence-electron chi connectivity index (χ1n) is 11.5. The van der Waals surface area contributed by atoms with E-state index in [2.05, 4.69) is 28.5 Å². The van der Waals surface area contributed by atoms with Gasteiger partial charge in [-0.3, -0.25) is 0 Å². The largest absolute Gasteiger partial charge is 0.497 e. The van der Waals surface area contributed by atoms with E-state index in [0.29, 0.717) is 24.8 Å². The minimum Gasteiger partial charge on any atom is -0.497 e. The van der Waals surface area contributed by atoms with Gasteiger partial charge in [-0.15, -0.1) is 11.3 Å². The van der Waals surface area contributed by atoms with Crippen LogP contribution >= 0.6 is 11.3 Å². The van der Waals surface area contributed by atoms with Crippen LogP contribution in [0.25, 0.3) is 43.4 Å². The Morgan fingerprint density at radius 2 is 1.75 bits per heavy atom. The molecule has 5 rings (SSSR count). The highest BCUT2D eigenvalue weighted by molar-refractivity contribution is 7.22. The highest BCUT2D eigenvalue weighted by Crippen LogP contribution is 2.47. The van der Waals surface area contributed by atoms with Crippen LogP contribution in [0.2, 0.25) is 0 Å². The molecule has 0 saturated heterocycles. The number of aromatic nitrogens is 4. The zero-order valence-electron chi connectivity index (χ0n) is 20.6. The molecule has 1 N–H and O–H groups in total. The maximum atomic E-state index is 5.52. The number of anilines is 1. The van der Waals surface area contributed by atoms with Gasteiger partial charge in [-0.2, -0.15) is 0 Å². The third-order valence-electron chi connectivity index (χ3n) is 5.88. The maximum Gasteiger partial charge on any atom is 0.199 e. The van der Waals surface area contributed by atoms with Crippen molar-refractivity contribution in [3.63, 3.8) is 0 Å². The van der Waals surface area contributed by atoms with Crippen LogP contribution in [0, 0.1) is 0 Å². The number of ether oxygens (including phenoxy) is 3. The molecule has 0 spiro atoms. The minimum atomic E-state index is 0.550. The van der Waals surface area contributed by atoms with E-state index in [4.69, 9.17) is 24.2 Å². The summed E-state index contributed by atoms with van der Waals surface area (Å²) < 4.78 is 18.1. The summed E-state index contributed by atoms with van der Waals surface area (Å²) in [5.74, 6) is 3.60. The molecule has 0 radical (unpaired) electrons. The van der Waals surface area contributed by atoms with Gasteiger partial charge in [0.25, 0.3) is 0 Å². The van der Waals surface area contributed by atoms with E-state index in [9.17, 15) is 0 Å². The molecule has 0 unspecified atom stereocenters. The normalized spacial score (nSPS) is 11.1. The summed E-state index contributed by atoms with van der Waals surface area (Å²) >= 11 is 1.63. The quantitative estimate of drug-likeness (QED) is 0.267. The SMILES string of the molecule is COCCNc1nc(-c2nccn2C)nc2sc(-c3cccc(OC)c3)c(-c3ccc(OC)cc3)c12. The summed E-state index contributed by atoms with van der Waals surface area (Å²) in [6, 6.07) is 16.1. The first kappa shape index (κ1) is 23.8. The minimum absolute atomic E-state index is 0.550. The van der Waals surface area contributed by atoms with Gasteiger partial charge in [0.1, 0.15) is 22.1 Å². The number of thiophene rings is 1. The van der Waals surface area contributed by atoms with Gasteiger partial charge in [0.2, 0.25) is 0 Å². The second kappa shape index (κ2) is 10.3. The first-order chi connectivity index (χ1) is 17.6. The fourth-order valence-corrected chi connectivity index (χ4v) is 5.27. The standard InChI is InChI=1S/C27H27N5O3S/c1-32-14-12-29-26(32)25-30-24(28-13-15-33-2)22-21(17-8-10-19(34-3)11-9-17)23(36-27(22)31-25)18-6-5-7-20(16-18)35-4/h5-12,14,16H,13,15H2,1-4H3,(H,28,30,31). The Morgan fingerprint density at radius 3 is 2.44 bits per heavy atom. The van der Waals surface area contributed by atoms with Gasteiger partial charge in [0, 0.05) is 43.5 Å². The number of rotatable bonds is 9. The average Bonchev–Trinajstić information content (AvgIpc) is 3.52. The summed E-state index contributed by atoms with van der Waals surface area (Å²) in [6.45, 7) is 1.16. The van der Waals surface area contributed by atoms with Crippen molar-refractivity contribution in [1.82, 2.24) is 19.5 Å². The number of imidazole rings is 1. The molecule has 0 aliphatic rings. The lowest BCUT2D eigenvalue weighted by molar-refractivity contribution is 0.210. The van der Waals surface area contributed by atoms with E-state index in [1.165, 1.54) is 0 Å². The Hall–Kier alpha value is -3.95. The van der Waals surface area contributed by atoms with Crippen molar-refractivity contribution in [1.29, 1.82) is 0 Å². The summed E-state index contributed by atoms with van der Waals surface area (Å²) in [7, 11) is 6.97. The molecule has 9 heteroatoms. The number of methoxy groups -OCH3 is 3. The van der Waals surface area contributed by atoms with Crippen molar-refractivity contribution in [3.8, 4) is 44.7 Å². The van der Waals surface area contributed by atoms with Crippen molar-refractivity contribution in [2.45, 2.75) is 0 Å². The van der Waals surface area contributed by atoms with E-state index in [0.717, 1.165) is 49.1 Å². The van der Waals surface area contributed by atoms with Crippen molar-refractivity contribution < 1.29 is 14.2 Å². The summed E-state index contributed by atoms with van der Waals surface area (Å²) in [4.78, 5) is 16.3. The molecule has 3 aromatic heterocycles. The number of aryl methyl sites for hydroxylation is 1. The van der Waals surface area contributed by atoms with Crippen LogP contribution in [0.4, 0.5) is 5.82 Å². The van der Waals surface area contributed by atoms with Crippen LogP contribution in [-0.4, -0.2) is 54.0 Å². The molecule has 3 heterocycles. The Labute approximate surface area is 213 Å². The fraction of sp³-hybridized carbons (Fsp3) is 0.222. The smallest absolute Gasteiger partial charge is 0.199 e.